The van der Waals surface area contributed by atoms with Gasteiger partial charge in [0.15, 0.2) is 5.78 Å². The summed E-state index contributed by atoms with van der Waals surface area (Å²) in [6, 6.07) is 4.15. The van der Waals surface area contributed by atoms with E-state index in [1.165, 1.54) is 12.2 Å². The second kappa shape index (κ2) is 8.92. The Hall–Kier alpha value is -2.70. The molecule has 5 nitrogen and oxygen atoms in total. The Morgan fingerprint density at radius 1 is 1.03 bits per heavy atom. The van der Waals surface area contributed by atoms with Crippen LogP contribution in [-0.4, -0.2) is 25.9 Å². The van der Waals surface area contributed by atoms with Crippen molar-refractivity contribution in [3.8, 4) is 0 Å². The number of aryl methyl sites for hydroxylation is 1. The van der Waals surface area contributed by atoms with E-state index >= 15 is 0 Å². The number of rotatable bonds is 6. The van der Waals surface area contributed by atoms with Gasteiger partial charge in [0, 0.05) is 6.04 Å². The van der Waals surface area contributed by atoms with Crippen molar-refractivity contribution in [3.05, 3.63) is 70.3 Å². The highest BCUT2D eigenvalue weighted by atomic mass is 32.2. The maximum absolute atomic E-state index is 13.1. The Morgan fingerprint density at radius 2 is 1.64 bits per heavy atom. The van der Waals surface area contributed by atoms with Crippen LogP contribution in [0.1, 0.15) is 40.3 Å². The molecule has 0 aliphatic heterocycles. The quantitative estimate of drug-likeness (QED) is 0.465. The van der Waals surface area contributed by atoms with Crippen molar-refractivity contribution in [1.29, 1.82) is 0 Å². The topological polar surface area (TPSA) is 83.5 Å². The molecular formula is C21H17F6NO4S. The van der Waals surface area contributed by atoms with Crippen LogP contribution < -0.4 is 4.72 Å². The Balaban J connectivity index is 1.91. The molecule has 2 aromatic carbocycles. The average molecular weight is 493 g/mol. The number of hydrogen-bond acceptors (Lipinski definition) is 4. The van der Waals surface area contributed by atoms with Gasteiger partial charge in [-0.25, -0.2) is 13.1 Å². The molecule has 0 aromatic heterocycles. The van der Waals surface area contributed by atoms with Crippen molar-refractivity contribution in [3.63, 3.8) is 0 Å². The molecule has 0 spiro atoms. The lowest BCUT2D eigenvalue weighted by Gasteiger charge is -2.17. The molecule has 1 unspecified atom stereocenters. The van der Waals surface area contributed by atoms with Crippen LogP contribution in [0.15, 0.2) is 47.4 Å². The van der Waals surface area contributed by atoms with Crippen LogP contribution in [0.2, 0.25) is 0 Å². The maximum Gasteiger partial charge on any atom is 0.416 e. The van der Waals surface area contributed by atoms with E-state index in [1.807, 2.05) is 0 Å². The summed E-state index contributed by atoms with van der Waals surface area (Å²) in [5, 5.41) is 8.74. The van der Waals surface area contributed by atoms with E-state index < -0.39 is 56.8 Å². The van der Waals surface area contributed by atoms with Crippen LogP contribution in [0, 0.1) is 0 Å². The average Bonchev–Trinajstić information content (AvgIpc) is 3.11. The molecule has 0 radical (unpaired) electrons. The molecule has 1 aliphatic rings. The molecular weight excluding hydrogens is 476 g/mol. The number of hydrogen-bond donors (Lipinski definition) is 2. The van der Waals surface area contributed by atoms with E-state index in [1.54, 1.807) is 18.2 Å². The van der Waals surface area contributed by atoms with Gasteiger partial charge >= 0.3 is 12.4 Å². The van der Waals surface area contributed by atoms with Crippen LogP contribution in [0.4, 0.5) is 26.3 Å². The molecule has 0 bridgehead atoms. The van der Waals surface area contributed by atoms with E-state index in [4.69, 9.17) is 5.11 Å². The summed E-state index contributed by atoms with van der Waals surface area (Å²) in [5.41, 5.74) is -1.61. The molecule has 0 saturated carbocycles. The van der Waals surface area contributed by atoms with E-state index in [-0.39, 0.29) is 24.6 Å². The predicted octanol–water partition coefficient (Wildman–Crippen LogP) is 4.26. The first-order valence-electron chi connectivity index (χ1n) is 9.47. The van der Waals surface area contributed by atoms with Crippen molar-refractivity contribution in [2.24, 2.45) is 0 Å². The minimum atomic E-state index is -5.17. The third-order valence-electron chi connectivity index (χ3n) is 5.03. The van der Waals surface area contributed by atoms with E-state index in [9.17, 15) is 39.6 Å². The standard InChI is InChI=1S/C21H17F6NO4S/c22-20(23,24)14-8-15(21(25,26)27)10-17(9-14)33(31,32)28-19-6-3-13-7-12(2-5-18(13)19)1-4-16(30)11-29/h1-2,4-5,7-10,19,28-29H,3,6,11H2/b4-1+. The van der Waals surface area contributed by atoms with E-state index in [0.717, 1.165) is 0 Å². The minimum absolute atomic E-state index is 0.138. The van der Waals surface area contributed by atoms with Crippen molar-refractivity contribution in [2.45, 2.75) is 36.1 Å². The number of fused-ring (bicyclic) bond motifs is 1. The predicted molar refractivity (Wildman–Crippen MR) is 105 cm³/mol. The number of carbonyl (C=O) groups is 1. The number of carbonyl (C=O) groups excluding carboxylic acids is 1. The molecule has 33 heavy (non-hydrogen) atoms. The molecule has 0 amide bonds. The van der Waals surface area contributed by atoms with Gasteiger partial charge in [-0.05, 0) is 53.8 Å². The summed E-state index contributed by atoms with van der Waals surface area (Å²) in [4.78, 5) is 10.0. The van der Waals surface area contributed by atoms with Gasteiger partial charge in [-0.15, -0.1) is 0 Å². The van der Waals surface area contributed by atoms with E-state index in [0.29, 0.717) is 23.1 Å². The summed E-state index contributed by atoms with van der Waals surface area (Å²) in [6.07, 6.45) is -7.09. The lowest BCUT2D eigenvalue weighted by atomic mass is 10.0. The highest BCUT2D eigenvalue weighted by molar-refractivity contribution is 7.89. The number of benzene rings is 2. The van der Waals surface area contributed by atoms with Crippen molar-refractivity contribution >= 4 is 21.9 Å². The number of aliphatic hydroxyl groups excluding tert-OH is 1. The van der Waals surface area contributed by atoms with Crippen LogP contribution in [0.3, 0.4) is 0 Å². The highest BCUT2D eigenvalue weighted by Crippen LogP contribution is 2.38. The minimum Gasteiger partial charge on any atom is -0.388 e. The lowest BCUT2D eigenvalue weighted by Crippen LogP contribution is -2.28. The van der Waals surface area contributed by atoms with Crippen molar-refractivity contribution < 1.29 is 44.7 Å². The Kier molecular flexibility index (Phi) is 6.74. The monoisotopic (exact) mass is 493 g/mol. The normalized spacial score (nSPS) is 16.9. The summed E-state index contributed by atoms with van der Waals surface area (Å²) >= 11 is 0. The second-order valence-electron chi connectivity index (χ2n) is 7.37. The number of halogens is 6. The molecule has 0 saturated heterocycles. The van der Waals surface area contributed by atoms with Gasteiger partial charge in [-0.3, -0.25) is 4.79 Å². The van der Waals surface area contributed by atoms with Crippen LogP contribution in [-0.2, 0) is 33.6 Å². The van der Waals surface area contributed by atoms with Crippen molar-refractivity contribution in [2.75, 3.05) is 6.61 Å². The summed E-state index contributed by atoms with van der Waals surface area (Å²) in [7, 11) is -4.72. The summed E-state index contributed by atoms with van der Waals surface area (Å²) in [6.45, 7) is -0.656. The number of sulfonamides is 1. The smallest absolute Gasteiger partial charge is 0.388 e. The van der Waals surface area contributed by atoms with Gasteiger partial charge in [0.2, 0.25) is 10.0 Å². The maximum atomic E-state index is 13.1. The van der Waals surface area contributed by atoms with Gasteiger partial charge in [-0.2, -0.15) is 26.3 Å². The Morgan fingerprint density at radius 3 is 2.18 bits per heavy atom. The zero-order valence-electron chi connectivity index (χ0n) is 16.7. The molecule has 178 valence electrons. The second-order valence-corrected chi connectivity index (χ2v) is 9.08. The van der Waals surface area contributed by atoms with Gasteiger partial charge in [-0.1, -0.05) is 24.3 Å². The van der Waals surface area contributed by atoms with Crippen molar-refractivity contribution in [1.82, 2.24) is 4.72 Å². The van der Waals surface area contributed by atoms with Gasteiger partial charge in [0.05, 0.1) is 16.0 Å². The molecule has 3 rings (SSSR count). The fourth-order valence-corrected chi connectivity index (χ4v) is 4.76. The lowest BCUT2D eigenvalue weighted by molar-refractivity contribution is -0.143. The third kappa shape index (κ3) is 5.81. The number of alkyl halides is 6. The summed E-state index contributed by atoms with van der Waals surface area (Å²) < 4.78 is 106. The molecule has 0 fully saturated rings. The summed E-state index contributed by atoms with van der Waals surface area (Å²) in [5.74, 6) is -0.513. The zero-order chi connectivity index (χ0) is 24.6. The molecule has 12 heteroatoms. The zero-order valence-corrected chi connectivity index (χ0v) is 17.5. The largest absolute Gasteiger partial charge is 0.416 e. The molecule has 1 atom stereocenters. The van der Waals surface area contributed by atoms with Gasteiger partial charge in [0.1, 0.15) is 6.61 Å². The first-order valence-corrected chi connectivity index (χ1v) is 11.0. The third-order valence-corrected chi connectivity index (χ3v) is 6.48. The molecule has 2 N–H and O–H groups in total. The number of nitrogens with one attached hydrogen (secondary N) is 1. The Labute approximate surface area is 184 Å². The van der Waals surface area contributed by atoms with E-state index in [2.05, 4.69) is 4.72 Å². The number of ketones is 1. The van der Waals surface area contributed by atoms with Gasteiger partial charge in [0.25, 0.3) is 0 Å². The molecule has 1 aliphatic carbocycles. The number of aliphatic hydroxyl groups is 1. The van der Waals surface area contributed by atoms with Crippen LogP contribution in [0.25, 0.3) is 6.08 Å². The Bertz CT molecular complexity index is 1170. The highest BCUT2D eigenvalue weighted by Gasteiger charge is 2.39. The first-order chi connectivity index (χ1) is 15.2. The SMILES string of the molecule is O=C(/C=C/c1ccc2c(c1)CCC2NS(=O)(=O)c1cc(C(F)(F)F)cc(C(F)(F)F)c1)CO. The van der Waals surface area contributed by atoms with Gasteiger partial charge < -0.3 is 5.11 Å². The fraction of sp³-hybridized carbons (Fsp3) is 0.286. The fourth-order valence-electron chi connectivity index (χ4n) is 3.44. The molecule has 0 heterocycles. The van der Waals surface area contributed by atoms with Crippen LogP contribution in [0.5, 0.6) is 0 Å². The molecule has 2 aromatic rings. The first kappa shape index (κ1) is 24.9. The van der Waals surface area contributed by atoms with Crippen LogP contribution >= 0.6 is 0 Å².